The fourth-order valence-electron chi connectivity index (χ4n) is 3.17. The van der Waals surface area contributed by atoms with Crippen LogP contribution in [0.2, 0.25) is 0 Å². The van der Waals surface area contributed by atoms with E-state index in [4.69, 9.17) is 9.47 Å². The molecule has 176 valence electrons. The van der Waals surface area contributed by atoms with Gasteiger partial charge in [-0.1, -0.05) is 0 Å². The number of pyridine rings is 2. The van der Waals surface area contributed by atoms with Gasteiger partial charge in [-0.05, 0) is 75.1 Å². The smallest absolute Gasteiger partial charge is 0.549 e. The predicted octanol–water partition coefficient (Wildman–Crippen LogP) is 1.73. The molecule has 35 heavy (non-hydrogen) atoms. The molecule has 0 bridgehead atoms. The fourth-order valence-corrected chi connectivity index (χ4v) is 3.17. The van der Waals surface area contributed by atoms with Gasteiger partial charge in [0.25, 0.3) is 0 Å². The summed E-state index contributed by atoms with van der Waals surface area (Å²) in [5.41, 5.74) is 4.06. The first-order chi connectivity index (χ1) is 16.5. The largest absolute Gasteiger partial charge is 1.00 e. The minimum absolute atomic E-state index is 0. The summed E-state index contributed by atoms with van der Waals surface area (Å²) in [6.07, 6.45) is 8.17. The van der Waals surface area contributed by atoms with Crippen LogP contribution in [0.15, 0.2) is 48.9 Å². The summed E-state index contributed by atoms with van der Waals surface area (Å²) in [7, 11) is 2.00. The molecular formula is C26H27LiN6O2-2. The molecule has 0 spiro atoms. The van der Waals surface area contributed by atoms with Gasteiger partial charge in [0, 0.05) is 22.6 Å². The van der Waals surface area contributed by atoms with Crippen LogP contribution in [0.1, 0.15) is 11.3 Å². The summed E-state index contributed by atoms with van der Waals surface area (Å²) in [6, 6.07) is 11.5. The molecule has 8 nitrogen and oxygen atoms in total. The predicted molar refractivity (Wildman–Crippen MR) is 132 cm³/mol. The first kappa shape index (κ1) is 26.4. The molecule has 0 unspecified atom stereocenters. The number of aromatic nitrogens is 4. The van der Waals surface area contributed by atoms with Crippen LogP contribution in [0.3, 0.4) is 0 Å². The number of hydrogen-bond acceptors (Lipinski definition) is 8. The third-order valence-corrected chi connectivity index (χ3v) is 5.13. The molecule has 0 amide bonds. The SMILES string of the molecule is [CH2-]CN(C)C[CH-]COc1[c-]nc2c(Nc3ccc(Oc4ccc(C)nc4)c(C)c3)ncnc2c1.[Li+]. The van der Waals surface area contributed by atoms with Crippen molar-refractivity contribution < 1.29 is 28.3 Å². The van der Waals surface area contributed by atoms with Crippen molar-refractivity contribution in [2.75, 3.05) is 32.1 Å². The molecule has 0 radical (unpaired) electrons. The average molecular weight is 462 g/mol. The molecule has 1 aromatic carbocycles. The van der Waals surface area contributed by atoms with E-state index in [1.807, 2.05) is 63.7 Å². The minimum atomic E-state index is 0. The minimum Gasteiger partial charge on any atom is -0.549 e. The van der Waals surface area contributed by atoms with Crippen molar-refractivity contribution in [1.82, 2.24) is 24.8 Å². The maximum Gasteiger partial charge on any atom is 1.00 e. The van der Waals surface area contributed by atoms with Gasteiger partial charge in [0.2, 0.25) is 0 Å². The standard InChI is InChI=1S/C26H27N6O2.Li/c1-5-32(4)11-6-12-33-22-14-23-25(28-16-22)26(30-17-29-23)31-20-8-10-24(18(2)13-20)34-21-9-7-19(3)27-15-21;/h6-10,13-15,17H,1,5,11-12H2,2-4H3,(H,29,30,31);/q-3;+1. The first-order valence-corrected chi connectivity index (χ1v) is 11.0. The zero-order valence-corrected chi connectivity index (χ0v) is 20.6. The molecule has 0 fully saturated rings. The van der Waals surface area contributed by atoms with Gasteiger partial charge in [-0.2, -0.15) is 0 Å². The second-order valence-corrected chi connectivity index (χ2v) is 7.89. The van der Waals surface area contributed by atoms with E-state index >= 15 is 0 Å². The summed E-state index contributed by atoms with van der Waals surface area (Å²) in [5, 5.41) is 3.32. The maximum atomic E-state index is 5.96. The van der Waals surface area contributed by atoms with Gasteiger partial charge in [0.05, 0.1) is 6.20 Å². The van der Waals surface area contributed by atoms with Crippen LogP contribution < -0.4 is 33.7 Å². The zero-order chi connectivity index (χ0) is 23.9. The topological polar surface area (TPSA) is 85.3 Å². The molecular weight excluding hydrogens is 435 g/mol. The Morgan fingerprint density at radius 1 is 1.11 bits per heavy atom. The number of anilines is 2. The third-order valence-electron chi connectivity index (χ3n) is 5.13. The van der Waals surface area contributed by atoms with Gasteiger partial charge in [-0.3, -0.25) is 16.4 Å². The molecule has 3 heterocycles. The van der Waals surface area contributed by atoms with Gasteiger partial charge < -0.3 is 31.6 Å². The monoisotopic (exact) mass is 462 g/mol. The summed E-state index contributed by atoms with van der Waals surface area (Å²) in [5.74, 6) is 2.58. The second kappa shape index (κ2) is 12.5. The van der Waals surface area contributed by atoms with E-state index in [2.05, 4.69) is 43.3 Å². The first-order valence-electron chi connectivity index (χ1n) is 11.0. The van der Waals surface area contributed by atoms with Gasteiger partial charge in [0.1, 0.15) is 23.6 Å². The Balaban J connectivity index is 0.00000342. The van der Waals surface area contributed by atoms with Crippen molar-refractivity contribution in [1.29, 1.82) is 0 Å². The van der Waals surface area contributed by atoms with Crippen LogP contribution >= 0.6 is 0 Å². The maximum absolute atomic E-state index is 5.96. The Hall–Kier alpha value is -3.18. The van der Waals surface area contributed by atoms with Crippen molar-refractivity contribution in [2.45, 2.75) is 13.8 Å². The van der Waals surface area contributed by atoms with E-state index in [0.717, 1.165) is 35.8 Å². The Kier molecular flexibility index (Phi) is 9.44. The van der Waals surface area contributed by atoms with Crippen LogP contribution in [0.4, 0.5) is 11.5 Å². The fraction of sp³-hybridized carbons (Fsp3) is 0.231. The van der Waals surface area contributed by atoms with E-state index in [0.29, 0.717) is 35.0 Å². The van der Waals surface area contributed by atoms with E-state index in [-0.39, 0.29) is 18.9 Å². The molecule has 0 aliphatic heterocycles. The number of nitrogens with one attached hydrogen (secondary N) is 1. The van der Waals surface area contributed by atoms with Crippen molar-refractivity contribution >= 4 is 22.5 Å². The molecule has 4 rings (SSSR count). The van der Waals surface area contributed by atoms with Crippen LogP contribution in [-0.4, -0.2) is 51.6 Å². The summed E-state index contributed by atoms with van der Waals surface area (Å²) < 4.78 is 11.7. The summed E-state index contributed by atoms with van der Waals surface area (Å²) >= 11 is 0. The normalized spacial score (nSPS) is 10.8. The molecule has 0 aliphatic carbocycles. The third kappa shape index (κ3) is 7.15. The summed E-state index contributed by atoms with van der Waals surface area (Å²) in [4.78, 5) is 19.4. The van der Waals surface area contributed by atoms with Gasteiger partial charge in [0.15, 0.2) is 0 Å². The van der Waals surface area contributed by atoms with Crippen molar-refractivity contribution in [2.24, 2.45) is 0 Å². The van der Waals surface area contributed by atoms with Crippen LogP contribution in [0, 0.1) is 33.4 Å². The molecule has 1 N–H and O–H groups in total. The number of ether oxygens (including phenoxy) is 2. The second-order valence-electron chi connectivity index (χ2n) is 7.89. The van der Waals surface area contributed by atoms with Gasteiger partial charge in [-0.15, -0.1) is 19.2 Å². The van der Waals surface area contributed by atoms with Crippen LogP contribution in [0.5, 0.6) is 17.2 Å². The molecule has 0 aliphatic rings. The summed E-state index contributed by atoms with van der Waals surface area (Å²) in [6.45, 7) is 9.77. The van der Waals surface area contributed by atoms with E-state index in [9.17, 15) is 0 Å². The van der Waals surface area contributed by atoms with Crippen molar-refractivity contribution in [3.8, 4) is 17.2 Å². The number of rotatable bonds is 10. The van der Waals surface area contributed by atoms with Gasteiger partial charge >= 0.3 is 18.9 Å². The Morgan fingerprint density at radius 2 is 1.97 bits per heavy atom. The van der Waals surface area contributed by atoms with E-state index in [1.165, 1.54) is 6.33 Å². The molecule has 4 aromatic rings. The molecule has 0 saturated heterocycles. The van der Waals surface area contributed by atoms with Crippen molar-refractivity contribution in [3.63, 3.8) is 0 Å². The number of aryl methyl sites for hydroxylation is 2. The average Bonchev–Trinajstić information content (AvgIpc) is 2.84. The van der Waals surface area contributed by atoms with E-state index in [1.54, 1.807) is 6.20 Å². The Morgan fingerprint density at radius 3 is 2.71 bits per heavy atom. The molecule has 9 heteroatoms. The zero-order valence-electron chi connectivity index (χ0n) is 20.6. The molecule has 3 aromatic heterocycles. The van der Waals surface area contributed by atoms with Crippen molar-refractivity contribution in [3.05, 3.63) is 79.7 Å². The van der Waals surface area contributed by atoms with Crippen LogP contribution in [0.25, 0.3) is 11.0 Å². The number of fused-ring (bicyclic) bond motifs is 1. The van der Waals surface area contributed by atoms with Crippen LogP contribution in [-0.2, 0) is 0 Å². The Labute approximate surface area is 218 Å². The quantitative estimate of drug-likeness (QED) is 0.217. The van der Waals surface area contributed by atoms with Gasteiger partial charge in [-0.25, -0.2) is 4.98 Å². The number of hydrogen-bond donors (Lipinski definition) is 1. The number of nitrogens with zero attached hydrogens (tertiary/aromatic N) is 5. The molecule has 0 atom stereocenters. The number of benzene rings is 1. The van der Waals surface area contributed by atoms with E-state index < -0.39 is 0 Å². The Bertz CT molecular complexity index is 1250. The molecule has 0 saturated carbocycles.